The summed E-state index contributed by atoms with van der Waals surface area (Å²) in [6.07, 6.45) is 0. The Bertz CT molecular complexity index is 4980. The minimum absolute atomic E-state index is 0.798. The molecule has 0 bridgehead atoms. The molecule has 0 aliphatic heterocycles. The fraction of sp³-hybridized carbons (Fsp3) is 0. The van der Waals surface area contributed by atoms with Crippen molar-refractivity contribution >= 4 is 163 Å². The number of para-hydroxylation sites is 2. The van der Waals surface area contributed by atoms with Crippen LogP contribution in [0.25, 0.3) is 128 Å². The van der Waals surface area contributed by atoms with Crippen molar-refractivity contribution in [3.05, 3.63) is 267 Å². The van der Waals surface area contributed by atoms with E-state index in [1.165, 1.54) is 62.6 Å². The Hall–Kier alpha value is -9.98. The minimum Gasteiger partial charge on any atom is -0.456 e. The fourth-order valence-corrected chi connectivity index (χ4v) is 14.6. The van der Waals surface area contributed by atoms with Crippen LogP contribution in [0.4, 0.5) is 34.1 Å². The molecule has 13 aromatic carbocycles. The highest BCUT2D eigenvalue weighted by atomic mass is 32.1. The molecule has 0 spiro atoms. The van der Waals surface area contributed by atoms with E-state index < -0.39 is 0 Å². The molecule has 0 atom stereocenters. The molecule has 17 rings (SSSR count). The van der Waals surface area contributed by atoms with E-state index in [4.69, 9.17) is 8.83 Å². The van der Waals surface area contributed by atoms with Gasteiger partial charge >= 0.3 is 0 Å². The van der Waals surface area contributed by atoms with E-state index in [9.17, 15) is 0 Å². The zero-order valence-electron chi connectivity index (χ0n) is 42.9. The molecule has 4 nitrogen and oxygen atoms in total. The summed E-state index contributed by atoms with van der Waals surface area (Å²) in [5.41, 5.74) is 14.5. The van der Waals surface area contributed by atoms with Crippen molar-refractivity contribution in [1.29, 1.82) is 0 Å². The number of rotatable bonds is 8. The highest BCUT2D eigenvalue weighted by Gasteiger charge is 2.24. The number of benzene rings is 13. The molecule has 374 valence electrons. The van der Waals surface area contributed by atoms with E-state index in [1.807, 2.05) is 22.7 Å². The van der Waals surface area contributed by atoms with Crippen LogP contribution >= 0.6 is 22.7 Å². The SMILES string of the molecule is c1ccc(-c2cc3sc4ccccc4c3cc2N(c2ccccc2)c2ccc3cc4c(cc3c2)oc2cc3oc5cc6cc(N(c7ccccc7)c7cc8c(cc7-c7ccccc7)sc7ccccc78)ccc6cc5c3cc24)cc1. The van der Waals surface area contributed by atoms with Gasteiger partial charge in [0.25, 0.3) is 0 Å². The number of fused-ring (bicyclic) bond motifs is 14. The Labute approximate surface area is 467 Å². The van der Waals surface area contributed by atoms with Crippen LogP contribution in [0.1, 0.15) is 0 Å². The average molecular weight is 1060 g/mol. The average Bonchev–Trinajstić information content (AvgIpc) is 4.42. The first-order chi connectivity index (χ1) is 39.6. The van der Waals surface area contributed by atoms with Gasteiger partial charge < -0.3 is 18.6 Å². The Morgan fingerprint density at radius 2 is 0.625 bits per heavy atom. The van der Waals surface area contributed by atoms with Crippen LogP contribution in [0.5, 0.6) is 0 Å². The van der Waals surface area contributed by atoms with Crippen LogP contribution in [-0.4, -0.2) is 0 Å². The highest BCUT2D eigenvalue weighted by Crippen LogP contribution is 2.50. The molecule has 0 N–H and O–H groups in total. The summed E-state index contributed by atoms with van der Waals surface area (Å²) in [4.78, 5) is 4.82. The van der Waals surface area contributed by atoms with Crippen LogP contribution in [0.2, 0.25) is 0 Å². The molecule has 0 saturated heterocycles. The monoisotopic (exact) mass is 1060 g/mol. The summed E-state index contributed by atoms with van der Waals surface area (Å²) in [5.74, 6) is 0. The van der Waals surface area contributed by atoms with Crippen molar-refractivity contribution in [2.24, 2.45) is 0 Å². The third-order valence-electron chi connectivity index (χ3n) is 16.1. The molecule has 17 aromatic rings. The molecule has 0 fully saturated rings. The molecule has 0 saturated carbocycles. The first-order valence-corrected chi connectivity index (χ1v) is 28.7. The molecule has 0 aliphatic carbocycles. The van der Waals surface area contributed by atoms with Gasteiger partial charge in [0.2, 0.25) is 0 Å². The van der Waals surface area contributed by atoms with Crippen molar-refractivity contribution in [2.75, 3.05) is 9.80 Å². The minimum atomic E-state index is 0.798. The Morgan fingerprint density at radius 3 is 1.07 bits per heavy atom. The predicted molar refractivity (Wildman–Crippen MR) is 342 cm³/mol. The van der Waals surface area contributed by atoms with E-state index in [0.29, 0.717) is 0 Å². The van der Waals surface area contributed by atoms with Crippen LogP contribution in [-0.2, 0) is 0 Å². The van der Waals surface area contributed by atoms with Crippen LogP contribution in [0.15, 0.2) is 276 Å². The lowest BCUT2D eigenvalue weighted by Crippen LogP contribution is -2.11. The molecule has 4 heterocycles. The summed E-state index contributed by atoms with van der Waals surface area (Å²) in [6.45, 7) is 0. The van der Waals surface area contributed by atoms with Gasteiger partial charge in [0.15, 0.2) is 0 Å². The zero-order valence-corrected chi connectivity index (χ0v) is 44.6. The van der Waals surface area contributed by atoms with Gasteiger partial charge in [-0.15, -0.1) is 22.7 Å². The first kappa shape index (κ1) is 45.1. The molecule has 0 radical (unpaired) electrons. The standard InChI is InChI=1S/C74H44N2O2S2/c1-5-17-45(18-6-1)57-42-73-63(55-25-13-15-27-71(55)79-73)40-65(57)75(51-21-9-3-10-22-51)53-31-29-47-35-59-61-39-62-60-36-48-30-32-54(34-50(48)38-68(60)78-70(62)44-69(61)77-67(59)37-49(47)33-53)76(52-23-11-4-12-24-52)66-41-64-56-26-14-16-28-72(56)80-74(64)43-58(66)46-19-7-2-8-20-46/h1-44H. The van der Waals surface area contributed by atoms with E-state index in [2.05, 4.69) is 277 Å². The van der Waals surface area contributed by atoms with E-state index in [1.54, 1.807) is 0 Å². The second kappa shape index (κ2) is 17.8. The predicted octanol–water partition coefficient (Wildman–Crippen LogP) is 22.8. The van der Waals surface area contributed by atoms with Gasteiger partial charge in [0.05, 0.1) is 11.4 Å². The van der Waals surface area contributed by atoms with Crippen LogP contribution in [0.3, 0.4) is 0 Å². The largest absolute Gasteiger partial charge is 0.456 e. The quantitative estimate of drug-likeness (QED) is 0.152. The van der Waals surface area contributed by atoms with Gasteiger partial charge in [-0.25, -0.2) is 0 Å². The second-order valence-corrected chi connectivity index (χ2v) is 23.0. The third kappa shape index (κ3) is 7.20. The number of furan rings is 2. The molecule has 6 heteroatoms. The lowest BCUT2D eigenvalue weighted by atomic mass is 9.98. The Morgan fingerprint density at radius 1 is 0.237 bits per heavy atom. The second-order valence-electron chi connectivity index (χ2n) is 20.8. The number of anilines is 6. The fourth-order valence-electron chi connectivity index (χ4n) is 12.4. The van der Waals surface area contributed by atoms with Crippen LogP contribution in [0, 0.1) is 0 Å². The van der Waals surface area contributed by atoms with Gasteiger partial charge in [0.1, 0.15) is 22.3 Å². The summed E-state index contributed by atoms with van der Waals surface area (Å²) in [5, 5.41) is 13.8. The zero-order chi connectivity index (χ0) is 52.4. The van der Waals surface area contributed by atoms with E-state index >= 15 is 0 Å². The van der Waals surface area contributed by atoms with Gasteiger partial charge in [0, 0.05) is 102 Å². The first-order valence-electron chi connectivity index (χ1n) is 27.0. The highest BCUT2D eigenvalue weighted by molar-refractivity contribution is 7.26. The molecule has 80 heavy (non-hydrogen) atoms. The number of hydrogen-bond acceptors (Lipinski definition) is 6. The smallest absolute Gasteiger partial charge is 0.139 e. The van der Waals surface area contributed by atoms with E-state index in [0.717, 1.165) is 99.5 Å². The van der Waals surface area contributed by atoms with Crippen molar-refractivity contribution in [1.82, 2.24) is 0 Å². The molecular weight excluding hydrogens is 1010 g/mol. The number of hydrogen-bond donors (Lipinski definition) is 0. The lowest BCUT2D eigenvalue weighted by Gasteiger charge is -2.28. The maximum absolute atomic E-state index is 6.80. The summed E-state index contributed by atoms with van der Waals surface area (Å²) >= 11 is 3.71. The molecule has 0 amide bonds. The topological polar surface area (TPSA) is 32.8 Å². The normalized spacial score (nSPS) is 12.0. The van der Waals surface area contributed by atoms with Crippen molar-refractivity contribution in [3.63, 3.8) is 0 Å². The maximum Gasteiger partial charge on any atom is 0.139 e. The lowest BCUT2D eigenvalue weighted by molar-refractivity contribution is 0.656. The Balaban J connectivity index is 0.781. The van der Waals surface area contributed by atoms with Crippen molar-refractivity contribution < 1.29 is 8.83 Å². The van der Waals surface area contributed by atoms with Gasteiger partial charge in [-0.1, -0.05) is 146 Å². The maximum atomic E-state index is 6.80. The molecule has 4 aromatic heterocycles. The molecule has 0 aliphatic rings. The summed E-state index contributed by atoms with van der Waals surface area (Å²) in [6, 6.07) is 97.0. The van der Waals surface area contributed by atoms with E-state index in [-0.39, 0.29) is 0 Å². The van der Waals surface area contributed by atoms with Crippen LogP contribution < -0.4 is 9.80 Å². The van der Waals surface area contributed by atoms with Gasteiger partial charge in [-0.3, -0.25) is 0 Å². The molecular formula is C74H44N2O2S2. The summed E-state index contributed by atoms with van der Waals surface area (Å²) < 4.78 is 18.7. The number of thiophene rings is 2. The van der Waals surface area contributed by atoms with Gasteiger partial charge in [-0.2, -0.15) is 0 Å². The third-order valence-corrected chi connectivity index (χ3v) is 18.4. The summed E-state index contributed by atoms with van der Waals surface area (Å²) in [7, 11) is 0. The van der Waals surface area contributed by atoms with Crippen molar-refractivity contribution in [2.45, 2.75) is 0 Å². The molecule has 0 unspecified atom stereocenters. The Kier molecular flexibility index (Phi) is 10.0. The van der Waals surface area contributed by atoms with Crippen molar-refractivity contribution in [3.8, 4) is 22.3 Å². The number of nitrogens with zero attached hydrogens (tertiary/aromatic N) is 2. The van der Waals surface area contributed by atoms with Gasteiger partial charge in [-0.05, 0) is 148 Å².